The van der Waals surface area contributed by atoms with E-state index in [0.717, 1.165) is 31.4 Å². The summed E-state index contributed by atoms with van der Waals surface area (Å²) in [6.07, 6.45) is 8.49. The zero-order valence-electron chi connectivity index (χ0n) is 26.8. The lowest BCUT2D eigenvalue weighted by Crippen LogP contribution is -2.47. The number of carbonyl (C=O) groups excluding carboxylic acids is 1. The van der Waals surface area contributed by atoms with Gasteiger partial charge >= 0.3 is 0 Å². The number of rotatable bonds is 9. The average molecular weight is 643 g/mol. The summed E-state index contributed by atoms with van der Waals surface area (Å²) in [4.78, 5) is 26.2. The minimum Gasteiger partial charge on any atom is -0.490 e. The van der Waals surface area contributed by atoms with Crippen molar-refractivity contribution in [3.05, 3.63) is 66.4 Å². The van der Waals surface area contributed by atoms with Gasteiger partial charge in [-0.2, -0.15) is 8.42 Å². The molecule has 13 heteroatoms. The number of aliphatic hydroxyl groups is 1. The number of sulfonamides is 1. The molecule has 0 unspecified atom stereocenters. The van der Waals surface area contributed by atoms with Crippen LogP contribution in [0.25, 0.3) is 0 Å². The monoisotopic (exact) mass is 642 g/mol. The maximum atomic E-state index is 14.3. The van der Waals surface area contributed by atoms with Crippen LogP contribution < -0.4 is 9.46 Å². The Bertz CT molecular complexity index is 1500. The minimum absolute atomic E-state index is 0.0834. The Morgan fingerprint density at radius 2 is 1.93 bits per heavy atom. The number of aryl methyl sites for hydroxylation is 1. The molecule has 1 amide bonds. The summed E-state index contributed by atoms with van der Waals surface area (Å²) in [5.41, 5.74) is 1.56. The number of aromatic nitrogens is 3. The third-order valence-electron chi connectivity index (χ3n) is 7.95. The van der Waals surface area contributed by atoms with Crippen molar-refractivity contribution in [3.63, 3.8) is 0 Å². The van der Waals surface area contributed by atoms with E-state index < -0.39 is 16.1 Å². The molecule has 0 aliphatic carbocycles. The summed E-state index contributed by atoms with van der Waals surface area (Å²) in [5.74, 6) is -0.0941. The number of hydrogen-bond donors (Lipinski definition) is 2. The van der Waals surface area contributed by atoms with Gasteiger partial charge < -0.3 is 24.0 Å². The fourth-order valence-corrected chi connectivity index (χ4v) is 6.39. The summed E-state index contributed by atoms with van der Waals surface area (Å²) < 4.78 is 42.8. The highest BCUT2D eigenvalue weighted by Gasteiger charge is 2.31. The van der Waals surface area contributed by atoms with Gasteiger partial charge in [0.25, 0.3) is 15.9 Å². The second-order valence-electron chi connectivity index (χ2n) is 12.0. The Labute approximate surface area is 266 Å². The molecule has 0 bridgehead atoms. The number of aliphatic hydroxyl groups excluding tert-OH is 1. The van der Waals surface area contributed by atoms with Gasteiger partial charge in [-0.25, -0.2) is 4.98 Å². The predicted molar refractivity (Wildman–Crippen MR) is 171 cm³/mol. The Morgan fingerprint density at radius 1 is 1.18 bits per heavy atom. The predicted octanol–water partition coefficient (Wildman–Crippen LogP) is 3.54. The summed E-state index contributed by atoms with van der Waals surface area (Å²) in [6.45, 7) is 7.82. The first-order chi connectivity index (χ1) is 21.5. The van der Waals surface area contributed by atoms with Crippen molar-refractivity contribution < 1.29 is 27.8 Å². The number of nitrogens with zero attached hydrogens (tertiary/aromatic N) is 5. The highest BCUT2D eigenvalue weighted by molar-refractivity contribution is 7.92. The topological polar surface area (TPSA) is 139 Å². The number of anilines is 1. The summed E-state index contributed by atoms with van der Waals surface area (Å²) in [6, 6.07) is 8.16. The maximum absolute atomic E-state index is 14.3. The van der Waals surface area contributed by atoms with E-state index in [2.05, 4.69) is 26.5 Å². The van der Waals surface area contributed by atoms with Crippen molar-refractivity contribution in [1.29, 1.82) is 0 Å². The molecular formula is C32H46N6O6S. The lowest BCUT2D eigenvalue weighted by atomic mass is 10.0. The third-order valence-corrected chi connectivity index (χ3v) is 9.22. The van der Waals surface area contributed by atoms with Crippen LogP contribution in [-0.4, -0.2) is 95.4 Å². The van der Waals surface area contributed by atoms with Crippen LogP contribution in [0.15, 0.2) is 60.3 Å². The van der Waals surface area contributed by atoms with Crippen molar-refractivity contribution >= 4 is 21.6 Å². The largest absolute Gasteiger partial charge is 0.490 e. The fourth-order valence-electron chi connectivity index (χ4n) is 5.36. The zero-order valence-corrected chi connectivity index (χ0v) is 27.6. The normalized spacial score (nSPS) is 21.1. The average Bonchev–Trinajstić information content (AvgIpc) is 3.46. The third kappa shape index (κ3) is 9.49. The van der Waals surface area contributed by atoms with Gasteiger partial charge in [-0.3, -0.25) is 19.4 Å². The van der Waals surface area contributed by atoms with Crippen LogP contribution in [0.3, 0.4) is 0 Å². The van der Waals surface area contributed by atoms with Gasteiger partial charge in [0.15, 0.2) is 5.03 Å². The minimum atomic E-state index is -3.99. The van der Waals surface area contributed by atoms with Crippen LogP contribution >= 0.6 is 0 Å². The Morgan fingerprint density at radius 3 is 2.62 bits per heavy atom. The van der Waals surface area contributed by atoms with Crippen molar-refractivity contribution in [2.75, 3.05) is 38.1 Å². The number of pyridine rings is 1. The second kappa shape index (κ2) is 15.7. The Kier molecular flexibility index (Phi) is 12.0. The number of imidazole rings is 1. The lowest BCUT2D eigenvalue weighted by Gasteiger charge is -2.36. The van der Waals surface area contributed by atoms with Crippen LogP contribution in [0.1, 0.15) is 56.0 Å². The van der Waals surface area contributed by atoms with E-state index in [4.69, 9.17) is 9.47 Å². The molecule has 0 saturated heterocycles. The van der Waals surface area contributed by atoms with Crippen molar-refractivity contribution in [3.8, 4) is 5.75 Å². The SMILES string of the molecule is C[C@@H]1CCCCO[C@H](CN(C)Cc2ccncc2)[C@H](C)CN([C@H](C)CO)C(=O)c2cc(NS(=O)(=O)c3cn(C)cn3)ccc2O1. The van der Waals surface area contributed by atoms with E-state index in [1.165, 1.54) is 18.6 Å². The van der Waals surface area contributed by atoms with E-state index >= 15 is 0 Å². The molecule has 0 fully saturated rings. The number of likely N-dealkylation sites (N-methyl/N-ethyl adjacent to an activating group) is 1. The molecule has 1 aromatic carbocycles. The van der Waals surface area contributed by atoms with Crippen LogP contribution in [-0.2, 0) is 28.4 Å². The smallest absolute Gasteiger partial charge is 0.280 e. The highest BCUT2D eigenvalue weighted by Crippen LogP contribution is 2.29. The molecule has 0 saturated carbocycles. The Hall–Kier alpha value is -3.52. The highest BCUT2D eigenvalue weighted by atomic mass is 32.2. The van der Waals surface area contributed by atoms with Gasteiger partial charge in [0.05, 0.1) is 36.7 Å². The lowest BCUT2D eigenvalue weighted by molar-refractivity contribution is -0.0177. The van der Waals surface area contributed by atoms with Crippen LogP contribution in [0.2, 0.25) is 0 Å². The molecule has 1 aliphatic heterocycles. The molecule has 3 aromatic rings. The molecule has 45 heavy (non-hydrogen) atoms. The van der Waals surface area contributed by atoms with Gasteiger partial charge in [0, 0.05) is 63.5 Å². The first kappa shape index (κ1) is 34.4. The molecule has 246 valence electrons. The van der Waals surface area contributed by atoms with Crippen LogP contribution in [0, 0.1) is 5.92 Å². The van der Waals surface area contributed by atoms with E-state index in [0.29, 0.717) is 25.4 Å². The molecule has 3 heterocycles. The van der Waals surface area contributed by atoms with Crippen molar-refractivity contribution in [2.24, 2.45) is 13.0 Å². The molecule has 2 aromatic heterocycles. The standard InChI is InChI=1S/C32H46N6O6S/c1-23-17-38(24(2)21-39)32(40)28-16-27(35-45(41,42)31-20-37(5)22-34-31)9-10-29(28)44-25(3)8-6-7-15-43-30(23)19-36(4)18-26-11-13-33-14-12-26/h9-14,16,20,22-25,30,35,39H,6-8,15,17-19,21H2,1-5H3/t23-,24-,25-,30-/m1/s1. The molecular weight excluding hydrogens is 596 g/mol. The molecule has 4 rings (SSSR count). The molecule has 0 radical (unpaired) electrons. The fraction of sp³-hybridized carbons (Fsp3) is 0.531. The molecule has 0 spiro atoms. The molecule has 2 N–H and O–H groups in total. The first-order valence-electron chi connectivity index (χ1n) is 15.4. The number of hydrogen-bond acceptors (Lipinski definition) is 9. The quantitative estimate of drug-likeness (QED) is 0.359. The van der Waals surface area contributed by atoms with Crippen LogP contribution in [0.5, 0.6) is 5.75 Å². The van der Waals surface area contributed by atoms with E-state index in [1.807, 2.05) is 26.1 Å². The van der Waals surface area contributed by atoms with Gasteiger partial charge in [-0.05, 0) is 76.1 Å². The van der Waals surface area contributed by atoms with E-state index in [-0.39, 0.29) is 46.9 Å². The summed E-state index contributed by atoms with van der Waals surface area (Å²) in [7, 11) is -0.266. The van der Waals surface area contributed by atoms with E-state index in [1.54, 1.807) is 48.0 Å². The second-order valence-corrected chi connectivity index (χ2v) is 13.7. The van der Waals surface area contributed by atoms with Crippen molar-refractivity contribution in [1.82, 2.24) is 24.3 Å². The number of nitrogens with one attached hydrogen (secondary N) is 1. The van der Waals surface area contributed by atoms with Crippen LogP contribution in [0.4, 0.5) is 5.69 Å². The summed E-state index contributed by atoms with van der Waals surface area (Å²) >= 11 is 0. The number of amides is 1. The van der Waals surface area contributed by atoms with E-state index in [9.17, 15) is 18.3 Å². The number of fused-ring (bicyclic) bond motifs is 1. The maximum Gasteiger partial charge on any atom is 0.280 e. The van der Waals surface area contributed by atoms with Gasteiger partial charge in [0.2, 0.25) is 0 Å². The Balaban J connectivity index is 1.64. The van der Waals surface area contributed by atoms with Crippen molar-refractivity contribution in [2.45, 2.75) is 69.9 Å². The first-order valence-corrected chi connectivity index (χ1v) is 16.9. The number of ether oxygens (including phenoxy) is 2. The number of benzene rings is 1. The molecule has 12 nitrogen and oxygen atoms in total. The van der Waals surface area contributed by atoms with Gasteiger partial charge in [-0.1, -0.05) is 6.92 Å². The number of carbonyl (C=O) groups is 1. The molecule has 4 atom stereocenters. The van der Waals surface area contributed by atoms with Gasteiger partial charge in [0.1, 0.15) is 5.75 Å². The summed E-state index contributed by atoms with van der Waals surface area (Å²) in [5, 5.41) is 10.1. The zero-order chi connectivity index (χ0) is 32.6. The van der Waals surface area contributed by atoms with Gasteiger partial charge in [-0.15, -0.1) is 0 Å². The molecule has 1 aliphatic rings.